The van der Waals surface area contributed by atoms with Crippen LogP contribution in [0.3, 0.4) is 0 Å². The van der Waals surface area contributed by atoms with Gasteiger partial charge in [0.25, 0.3) is 0 Å². The number of aliphatic carboxylic acids is 1. The molecule has 0 aliphatic carbocycles. The molecule has 2 N–H and O–H groups in total. The summed E-state index contributed by atoms with van der Waals surface area (Å²) in [6.45, 7) is 3.04. The minimum absolute atomic E-state index is 0.222. The SMILES string of the molecule is CCCCCCCCCCOC(=O)CCNC(CCSC)C(=O)O. The zero-order valence-corrected chi connectivity index (χ0v) is 16.2. The molecule has 6 heteroatoms. The summed E-state index contributed by atoms with van der Waals surface area (Å²) in [5.41, 5.74) is 0. The van der Waals surface area contributed by atoms with E-state index in [9.17, 15) is 9.59 Å². The maximum Gasteiger partial charge on any atom is 0.320 e. The van der Waals surface area contributed by atoms with Crippen LogP contribution in [-0.4, -0.2) is 48.2 Å². The molecule has 0 rings (SSSR count). The molecule has 0 aromatic heterocycles. The Morgan fingerprint density at radius 3 is 2.29 bits per heavy atom. The van der Waals surface area contributed by atoms with Crippen LogP contribution in [0.25, 0.3) is 0 Å². The zero-order valence-electron chi connectivity index (χ0n) is 15.3. The van der Waals surface area contributed by atoms with Crippen molar-refractivity contribution in [3.8, 4) is 0 Å². The summed E-state index contributed by atoms with van der Waals surface area (Å²) in [6, 6.07) is -0.585. The molecule has 0 saturated carbocycles. The van der Waals surface area contributed by atoms with Crippen molar-refractivity contribution in [1.82, 2.24) is 5.32 Å². The van der Waals surface area contributed by atoms with E-state index in [2.05, 4.69) is 12.2 Å². The van der Waals surface area contributed by atoms with Gasteiger partial charge in [-0.15, -0.1) is 0 Å². The minimum atomic E-state index is -0.864. The first-order chi connectivity index (χ1) is 11.6. The van der Waals surface area contributed by atoms with Crippen molar-refractivity contribution in [2.24, 2.45) is 0 Å². The van der Waals surface area contributed by atoms with Crippen LogP contribution in [0.4, 0.5) is 0 Å². The number of nitrogens with one attached hydrogen (secondary N) is 1. The molecule has 0 radical (unpaired) electrons. The minimum Gasteiger partial charge on any atom is -0.480 e. The monoisotopic (exact) mass is 361 g/mol. The largest absolute Gasteiger partial charge is 0.480 e. The Morgan fingerprint density at radius 1 is 1.08 bits per heavy atom. The number of hydrogen-bond donors (Lipinski definition) is 2. The van der Waals surface area contributed by atoms with Crippen molar-refractivity contribution in [3.63, 3.8) is 0 Å². The first-order valence-electron chi connectivity index (χ1n) is 9.22. The number of carboxylic acids is 1. The average molecular weight is 362 g/mol. The number of hydrogen-bond acceptors (Lipinski definition) is 5. The van der Waals surface area contributed by atoms with E-state index in [1.54, 1.807) is 11.8 Å². The van der Waals surface area contributed by atoms with Crippen molar-refractivity contribution in [2.45, 2.75) is 77.2 Å². The molecule has 0 heterocycles. The van der Waals surface area contributed by atoms with E-state index >= 15 is 0 Å². The van der Waals surface area contributed by atoms with E-state index in [4.69, 9.17) is 9.84 Å². The number of carbonyl (C=O) groups is 2. The third kappa shape index (κ3) is 14.8. The molecule has 0 aliphatic heterocycles. The van der Waals surface area contributed by atoms with E-state index < -0.39 is 12.0 Å². The fourth-order valence-electron chi connectivity index (χ4n) is 2.39. The van der Waals surface area contributed by atoms with Crippen LogP contribution in [0.15, 0.2) is 0 Å². The molecule has 0 aliphatic rings. The Bertz CT molecular complexity index is 326. The van der Waals surface area contributed by atoms with Crippen LogP contribution in [0, 0.1) is 0 Å². The highest BCUT2D eigenvalue weighted by molar-refractivity contribution is 7.98. The molecule has 0 spiro atoms. The second kappa shape index (κ2) is 17.1. The lowest BCUT2D eigenvalue weighted by atomic mass is 10.1. The normalized spacial score (nSPS) is 12.1. The molecular formula is C18H35NO4S. The smallest absolute Gasteiger partial charge is 0.320 e. The van der Waals surface area contributed by atoms with E-state index in [-0.39, 0.29) is 12.4 Å². The number of thioether (sulfide) groups is 1. The third-order valence-electron chi connectivity index (χ3n) is 3.89. The lowest BCUT2D eigenvalue weighted by molar-refractivity contribution is -0.144. The first-order valence-corrected chi connectivity index (χ1v) is 10.6. The number of carboxylic acid groups (broad SMARTS) is 1. The summed E-state index contributed by atoms with van der Waals surface area (Å²) >= 11 is 1.61. The van der Waals surface area contributed by atoms with Crippen molar-refractivity contribution < 1.29 is 19.4 Å². The molecule has 1 unspecified atom stereocenters. The molecule has 0 aromatic carbocycles. The Labute approximate surface area is 151 Å². The highest BCUT2D eigenvalue weighted by Gasteiger charge is 2.16. The molecule has 1 atom stereocenters. The molecule has 0 fully saturated rings. The van der Waals surface area contributed by atoms with Crippen LogP contribution in [0.1, 0.15) is 71.1 Å². The number of rotatable bonds is 17. The molecule has 24 heavy (non-hydrogen) atoms. The number of unbranched alkanes of at least 4 members (excludes halogenated alkanes) is 7. The van der Waals surface area contributed by atoms with E-state index in [1.165, 1.54) is 38.5 Å². The predicted octanol–water partition coefficient (Wildman–Crippen LogP) is 3.86. The third-order valence-corrected chi connectivity index (χ3v) is 4.53. The fourth-order valence-corrected chi connectivity index (χ4v) is 2.86. The Balaban J connectivity index is 3.50. The summed E-state index contributed by atoms with van der Waals surface area (Å²) in [6.07, 6.45) is 12.5. The second-order valence-corrected chi connectivity index (χ2v) is 7.06. The molecule has 142 valence electrons. The Kier molecular flexibility index (Phi) is 16.6. The van der Waals surface area contributed by atoms with Gasteiger partial charge in [-0.05, 0) is 24.9 Å². The van der Waals surface area contributed by atoms with Crippen LogP contribution >= 0.6 is 11.8 Å². The molecule has 0 bridgehead atoms. The van der Waals surface area contributed by atoms with Gasteiger partial charge in [-0.2, -0.15) is 11.8 Å². The molecular weight excluding hydrogens is 326 g/mol. The Morgan fingerprint density at radius 2 is 1.71 bits per heavy atom. The second-order valence-electron chi connectivity index (χ2n) is 6.07. The fraction of sp³-hybridized carbons (Fsp3) is 0.889. The first kappa shape index (κ1) is 23.2. The van der Waals surface area contributed by atoms with Gasteiger partial charge in [-0.1, -0.05) is 51.9 Å². The Hall–Kier alpha value is -0.750. The summed E-state index contributed by atoms with van der Waals surface area (Å²) in [7, 11) is 0. The van der Waals surface area contributed by atoms with Crippen LogP contribution < -0.4 is 5.32 Å². The van der Waals surface area contributed by atoms with Crippen molar-refractivity contribution >= 4 is 23.7 Å². The molecule has 0 aromatic rings. The number of esters is 1. The molecule has 0 saturated heterocycles. The summed E-state index contributed by atoms with van der Waals surface area (Å²) in [5, 5.41) is 12.0. The standard InChI is InChI=1S/C18H35NO4S/c1-3-4-5-6-7-8-9-10-14-23-17(20)11-13-19-16(18(21)22)12-15-24-2/h16,19H,3-15H2,1-2H3,(H,21,22). The van der Waals surface area contributed by atoms with E-state index in [0.717, 1.165) is 18.6 Å². The van der Waals surface area contributed by atoms with E-state index in [1.807, 2.05) is 6.26 Å². The van der Waals surface area contributed by atoms with Gasteiger partial charge in [0.1, 0.15) is 6.04 Å². The van der Waals surface area contributed by atoms with Gasteiger partial charge < -0.3 is 15.2 Å². The number of ether oxygens (including phenoxy) is 1. The topological polar surface area (TPSA) is 75.6 Å². The lowest BCUT2D eigenvalue weighted by Gasteiger charge is -2.13. The van der Waals surface area contributed by atoms with Crippen molar-refractivity contribution in [1.29, 1.82) is 0 Å². The highest BCUT2D eigenvalue weighted by atomic mass is 32.2. The van der Waals surface area contributed by atoms with Gasteiger partial charge >= 0.3 is 11.9 Å². The van der Waals surface area contributed by atoms with Crippen molar-refractivity contribution in [2.75, 3.05) is 25.2 Å². The van der Waals surface area contributed by atoms with Gasteiger partial charge in [0.05, 0.1) is 13.0 Å². The summed E-state index contributed by atoms with van der Waals surface area (Å²) in [5.74, 6) is -0.330. The van der Waals surface area contributed by atoms with E-state index in [0.29, 0.717) is 19.6 Å². The van der Waals surface area contributed by atoms with Crippen LogP contribution in [0.2, 0.25) is 0 Å². The summed E-state index contributed by atoms with van der Waals surface area (Å²) in [4.78, 5) is 22.7. The van der Waals surface area contributed by atoms with Gasteiger partial charge in [0.2, 0.25) is 0 Å². The average Bonchev–Trinajstić information content (AvgIpc) is 2.56. The van der Waals surface area contributed by atoms with Crippen molar-refractivity contribution in [3.05, 3.63) is 0 Å². The van der Waals surface area contributed by atoms with Gasteiger partial charge in [0.15, 0.2) is 0 Å². The van der Waals surface area contributed by atoms with Gasteiger partial charge in [-0.25, -0.2) is 0 Å². The molecule has 5 nitrogen and oxygen atoms in total. The van der Waals surface area contributed by atoms with Gasteiger partial charge in [-0.3, -0.25) is 9.59 Å². The maximum atomic E-state index is 11.6. The van der Waals surface area contributed by atoms with Gasteiger partial charge in [0, 0.05) is 6.54 Å². The zero-order chi connectivity index (χ0) is 18.0. The molecule has 0 amide bonds. The summed E-state index contributed by atoms with van der Waals surface area (Å²) < 4.78 is 5.18. The number of carbonyl (C=O) groups excluding carboxylic acids is 1. The highest BCUT2D eigenvalue weighted by Crippen LogP contribution is 2.08. The predicted molar refractivity (Wildman–Crippen MR) is 101 cm³/mol. The maximum absolute atomic E-state index is 11.6. The lowest BCUT2D eigenvalue weighted by Crippen LogP contribution is -2.38. The van der Waals surface area contributed by atoms with Crippen LogP contribution in [-0.2, 0) is 14.3 Å². The quantitative estimate of drug-likeness (QED) is 0.303. The van der Waals surface area contributed by atoms with Crippen LogP contribution in [0.5, 0.6) is 0 Å².